The normalized spacial score (nSPS) is 11.7. The van der Waals surface area contributed by atoms with Crippen LogP contribution in [0.5, 0.6) is 5.75 Å². The molecule has 8 nitrogen and oxygen atoms in total. The van der Waals surface area contributed by atoms with Crippen LogP contribution < -0.4 is 10.1 Å². The smallest absolute Gasteiger partial charge is 0.138 e. The minimum Gasteiger partial charge on any atom is -0.491 e. The largest absolute Gasteiger partial charge is 0.491 e. The van der Waals surface area contributed by atoms with E-state index < -0.39 is 0 Å². The monoisotopic (exact) mass is 577 g/mol. The van der Waals surface area contributed by atoms with Crippen LogP contribution in [0.4, 0.5) is 10.1 Å². The lowest BCUT2D eigenvalue weighted by atomic mass is 10.0. The number of likely N-dealkylation sites (N-methyl/N-ethyl adjacent to an activating group) is 2. The van der Waals surface area contributed by atoms with Crippen molar-refractivity contribution in [2.24, 2.45) is 0 Å². The van der Waals surface area contributed by atoms with Crippen LogP contribution in [0, 0.1) is 5.82 Å². The van der Waals surface area contributed by atoms with Crippen LogP contribution in [0.2, 0.25) is 0 Å². The lowest BCUT2D eigenvalue weighted by Crippen LogP contribution is -2.20. The summed E-state index contributed by atoms with van der Waals surface area (Å²) in [5.74, 6) is 0.466. The predicted octanol–water partition coefficient (Wildman–Crippen LogP) is 6.49. The maximum Gasteiger partial charge on any atom is 0.138 e. The van der Waals surface area contributed by atoms with Crippen molar-refractivity contribution in [1.29, 1.82) is 0 Å². The number of aromatic nitrogens is 4. The van der Waals surface area contributed by atoms with E-state index in [0.29, 0.717) is 6.61 Å². The fraction of sp³-hybridized carbons (Fsp3) is 0.235. The van der Waals surface area contributed by atoms with Crippen molar-refractivity contribution in [2.75, 3.05) is 59.7 Å². The minimum atomic E-state index is -0.273. The van der Waals surface area contributed by atoms with E-state index in [1.165, 1.54) is 6.07 Å². The van der Waals surface area contributed by atoms with Crippen LogP contribution in [0.15, 0.2) is 79.1 Å². The molecule has 0 saturated heterocycles. The van der Waals surface area contributed by atoms with E-state index in [2.05, 4.69) is 53.5 Å². The Morgan fingerprint density at radius 1 is 0.814 bits per heavy atom. The Bertz CT molecular complexity index is 1870. The zero-order valence-corrected chi connectivity index (χ0v) is 24.9. The van der Waals surface area contributed by atoms with E-state index in [-0.39, 0.29) is 5.82 Å². The first-order valence-electron chi connectivity index (χ1n) is 14.4. The summed E-state index contributed by atoms with van der Waals surface area (Å²) in [5.41, 5.74) is 8.10. The zero-order chi connectivity index (χ0) is 29.9. The van der Waals surface area contributed by atoms with Gasteiger partial charge in [-0.05, 0) is 93.4 Å². The van der Waals surface area contributed by atoms with Gasteiger partial charge < -0.3 is 24.8 Å². The molecule has 0 amide bonds. The number of aromatic amines is 2. The van der Waals surface area contributed by atoms with Gasteiger partial charge in [-0.1, -0.05) is 18.2 Å². The molecule has 6 rings (SSSR count). The van der Waals surface area contributed by atoms with Gasteiger partial charge in [-0.15, -0.1) is 0 Å². The number of nitrogens with zero attached hydrogens (tertiary/aromatic N) is 4. The second kappa shape index (κ2) is 12.2. The van der Waals surface area contributed by atoms with Gasteiger partial charge in [-0.2, -0.15) is 5.10 Å². The van der Waals surface area contributed by atoms with E-state index in [9.17, 15) is 4.39 Å². The molecular weight excluding hydrogens is 541 g/mol. The summed E-state index contributed by atoms with van der Waals surface area (Å²) in [4.78, 5) is 12.1. The average molecular weight is 578 g/mol. The molecule has 3 aromatic heterocycles. The highest BCUT2D eigenvalue weighted by atomic mass is 19.1. The van der Waals surface area contributed by atoms with E-state index in [0.717, 1.165) is 86.5 Å². The molecule has 0 aliphatic heterocycles. The van der Waals surface area contributed by atoms with Crippen molar-refractivity contribution in [3.63, 3.8) is 0 Å². The number of anilines is 1. The fourth-order valence-corrected chi connectivity index (χ4v) is 5.21. The third kappa shape index (κ3) is 6.38. The molecule has 0 saturated carbocycles. The number of ether oxygens (including phenoxy) is 1. The van der Waals surface area contributed by atoms with Gasteiger partial charge in [0, 0.05) is 53.4 Å². The third-order valence-corrected chi connectivity index (χ3v) is 7.43. The highest BCUT2D eigenvalue weighted by molar-refractivity contribution is 6.02. The molecule has 0 fully saturated rings. The number of halogens is 1. The summed E-state index contributed by atoms with van der Waals surface area (Å²) >= 11 is 0. The number of H-pyrrole nitrogens is 2. The van der Waals surface area contributed by atoms with E-state index in [1.54, 1.807) is 12.3 Å². The van der Waals surface area contributed by atoms with Gasteiger partial charge >= 0.3 is 0 Å². The van der Waals surface area contributed by atoms with Gasteiger partial charge in [0.2, 0.25) is 0 Å². The summed E-state index contributed by atoms with van der Waals surface area (Å²) in [7, 11) is 8.08. The second-order valence-electron chi connectivity index (χ2n) is 11.3. The number of benzene rings is 3. The van der Waals surface area contributed by atoms with E-state index in [1.807, 2.05) is 70.8 Å². The molecule has 0 unspecified atom stereocenters. The van der Waals surface area contributed by atoms with Gasteiger partial charge in [0.15, 0.2) is 0 Å². The Balaban J connectivity index is 1.33. The highest BCUT2D eigenvalue weighted by Gasteiger charge is 2.15. The fourth-order valence-electron chi connectivity index (χ4n) is 5.21. The molecule has 3 N–H and O–H groups in total. The molecule has 0 bridgehead atoms. The first-order valence-corrected chi connectivity index (χ1v) is 14.4. The molecule has 220 valence electrons. The number of nitrogens with one attached hydrogen (secondary N) is 3. The molecule has 0 aliphatic carbocycles. The van der Waals surface area contributed by atoms with Gasteiger partial charge in [-0.3, -0.25) is 10.1 Å². The molecule has 0 atom stereocenters. The molecule has 0 aliphatic rings. The molecule has 3 heterocycles. The third-order valence-electron chi connectivity index (χ3n) is 7.43. The number of pyridine rings is 1. The highest BCUT2D eigenvalue weighted by Crippen LogP contribution is 2.36. The van der Waals surface area contributed by atoms with Crippen LogP contribution in [-0.2, 0) is 0 Å². The maximum atomic E-state index is 14.7. The van der Waals surface area contributed by atoms with Gasteiger partial charge in [0.05, 0.1) is 17.4 Å². The number of hydrogen-bond acceptors (Lipinski definition) is 6. The molecule has 6 aromatic rings. The Hall–Kier alpha value is -4.73. The quantitative estimate of drug-likeness (QED) is 0.163. The number of rotatable bonds is 11. The molecule has 9 heteroatoms. The Morgan fingerprint density at radius 2 is 1.67 bits per heavy atom. The first-order chi connectivity index (χ1) is 20.8. The van der Waals surface area contributed by atoms with Crippen LogP contribution >= 0.6 is 0 Å². The Labute approximate surface area is 250 Å². The van der Waals surface area contributed by atoms with Crippen molar-refractivity contribution in [3.05, 3.63) is 84.9 Å². The molecular formula is C34H36FN7O. The zero-order valence-electron chi connectivity index (χ0n) is 24.9. The van der Waals surface area contributed by atoms with Gasteiger partial charge in [0.25, 0.3) is 0 Å². The van der Waals surface area contributed by atoms with Crippen LogP contribution in [-0.4, -0.2) is 84.4 Å². The minimum absolute atomic E-state index is 0.273. The Morgan fingerprint density at radius 3 is 2.51 bits per heavy atom. The molecule has 0 radical (unpaired) electrons. The SMILES string of the molecule is CN(C)CCNc1cc(F)cc(-c2cccc3[nH]c(-c4n[nH]c5ccc(-c6cncc(OCCN(C)C)c6)cc45)cc23)c1. The topological polar surface area (TPSA) is 85.1 Å². The van der Waals surface area contributed by atoms with Gasteiger partial charge in [-0.25, -0.2) is 4.39 Å². The maximum absolute atomic E-state index is 14.7. The van der Waals surface area contributed by atoms with Crippen LogP contribution in [0.1, 0.15) is 0 Å². The molecule has 3 aromatic carbocycles. The van der Waals surface area contributed by atoms with Crippen LogP contribution in [0.25, 0.3) is 55.4 Å². The lowest BCUT2D eigenvalue weighted by molar-refractivity contribution is 0.261. The van der Waals surface area contributed by atoms with E-state index >= 15 is 0 Å². The van der Waals surface area contributed by atoms with Gasteiger partial charge in [0.1, 0.15) is 23.9 Å². The molecule has 43 heavy (non-hydrogen) atoms. The lowest BCUT2D eigenvalue weighted by Gasteiger charge is -2.13. The van der Waals surface area contributed by atoms with Crippen molar-refractivity contribution < 1.29 is 9.13 Å². The van der Waals surface area contributed by atoms with Crippen LogP contribution in [0.3, 0.4) is 0 Å². The summed E-state index contributed by atoms with van der Waals surface area (Å²) in [6.07, 6.45) is 3.59. The number of fused-ring (bicyclic) bond motifs is 2. The van der Waals surface area contributed by atoms with Crippen molar-refractivity contribution in [3.8, 4) is 39.4 Å². The molecule has 0 spiro atoms. The average Bonchev–Trinajstić information content (AvgIpc) is 3.60. The van der Waals surface area contributed by atoms with Crippen molar-refractivity contribution in [2.45, 2.75) is 0 Å². The summed E-state index contributed by atoms with van der Waals surface area (Å²) < 4.78 is 20.6. The second-order valence-corrected chi connectivity index (χ2v) is 11.3. The van der Waals surface area contributed by atoms with Crippen molar-refractivity contribution >= 4 is 27.5 Å². The summed E-state index contributed by atoms with van der Waals surface area (Å²) in [6, 6.07) is 21.5. The van der Waals surface area contributed by atoms with E-state index in [4.69, 9.17) is 4.74 Å². The Kier molecular flexibility index (Phi) is 8.09. The summed E-state index contributed by atoms with van der Waals surface area (Å²) in [5, 5.41) is 13.2. The van der Waals surface area contributed by atoms with Crippen molar-refractivity contribution in [1.82, 2.24) is 30.0 Å². The summed E-state index contributed by atoms with van der Waals surface area (Å²) in [6.45, 7) is 3.00. The standard InChI is InChI=1S/C34H36FN7O/c1-41(2)11-10-37-26-15-23(14-25(35)18-26)28-6-5-7-31-29(28)19-33(38-31)34-30-17-22(8-9-32(30)39-40-34)24-16-27(21-36-20-24)43-13-12-42(3)4/h5-9,14-21,37-38H,10-13H2,1-4H3,(H,39,40). The number of hydrogen-bond donors (Lipinski definition) is 3. The predicted molar refractivity (Wildman–Crippen MR) is 173 cm³/mol. The first kappa shape index (κ1) is 28.4.